The van der Waals surface area contributed by atoms with Crippen LogP contribution in [0, 0.1) is 0 Å². The molecule has 0 saturated carbocycles. The molecule has 2 amide bonds. The van der Waals surface area contributed by atoms with Crippen molar-refractivity contribution in [2.24, 2.45) is 0 Å². The zero-order valence-electron chi connectivity index (χ0n) is 13.9. The van der Waals surface area contributed by atoms with Gasteiger partial charge in [0.2, 0.25) is 0 Å². The summed E-state index contributed by atoms with van der Waals surface area (Å²) in [5, 5.41) is 10.0. The number of nitrogens with one attached hydrogen (secondary N) is 3. The fraction of sp³-hybridized carbons (Fsp3) is 0.278. The second-order valence-corrected chi connectivity index (χ2v) is 7.07. The first-order valence-corrected chi connectivity index (χ1v) is 9.94. The maximum atomic E-state index is 11.8. The molecule has 0 atom stereocenters. The van der Waals surface area contributed by atoms with E-state index in [0.717, 1.165) is 30.8 Å². The van der Waals surface area contributed by atoms with Gasteiger partial charge in [-0.2, -0.15) is 0 Å². The van der Waals surface area contributed by atoms with Gasteiger partial charge in [-0.25, -0.2) is 4.79 Å². The molecule has 3 N–H and O–H groups in total. The number of urea groups is 1. The van der Waals surface area contributed by atoms with E-state index in [1.165, 1.54) is 4.90 Å². The molecule has 7 heteroatoms. The van der Waals surface area contributed by atoms with Gasteiger partial charge in [-0.05, 0) is 61.6 Å². The molecule has 0 aromatic heterocycles. The summed E-state index contributed by atoms with van der Waals surface area (Å²) >= 11 is 13.5. The Morgan fingerprint density at radius 3 is 2.32 bits per heavy atom. The molecule has 0 saturated heterocycles. The van der Waals surface area contributed by atoms with Crippen LogP contribution in [0.3, 0.4) is 0 Å². The molecule has 0 bridgehead atoms. The van der Waals surface area contributed by atoms with Gasteiger partial charge in [-0.15, -0.1) is 11.8 Å². The largest absolute Gasteiger partial charge is 0.385 e. The first-order valence-electron chi connectivity index (χ1n) is 7.96. The molecule has 25 heavy (non-hydrogen) atoms. The Bertz CT molecular complexity index is 695. The maximum absolute atomic E-state index is 11.8. The Hall–Kier alpha value is -1.56. The third-order valence-corrected chi connectivity index (χ3v) is 4.97. The van der Waals surface area contributed by atoms with E-state index in [-0.39, 0.29) is 6.03 Å². The summed E-state index contributed by atoms with van der Waals surface area (Å²) in [7, 11) is 0. The Labute approximate surface area is 162 Å². The van der Waals surface area contributed by atoms with Crippen LogP contribution in [0.2, 0.25) is 10.0 Å². The molecule has 4 nitrogen and oxygen atoms in total. The molecular formula is C18H21Cl2N3OS. The molecular weight excluding hydrogens is 377 g/mol. The van der Waals surface area contributed by atoms with Crippen LogP contribution >= 0.6 is 35.0 Å². The van der Waals surface area contributed by atoms with Gasteiger partial charge in [0, 0.05) is 29.4 Å². The Kier molecular flexibility index (Phi) is 8.25. The number of hydrogen-bond donors (Lipinski definition) is 3. The SMILES string of the molecule is CSc1ccc(NC(=O)NCCCCNc2ccc(Cl)c(Cl)c2)cc1. The molecule has 2 aromatic carbocycles. The summed E-state index contributed by atoms with van der Waals surface area (Å²) in [6.45, 7) is 1.43. The number of anilines is 2. The third-order valence-electron chi connectivity index (χ3n) is 3.49. The molecule has 2 rings (SSSR count). The fourth-order valence-corrected chi connectivity index (χ4v) is 2.85. The number of amides is 2. The monoisotopic (exact) mass is 397 g/mol. The minimum Gasteiger partial charge on any atom is -0.385 e. The van der Waals surface area contributed by atoms with Gasteiger partial charge >= 0.3 is 6.03 Å². The van der Waals surface area contributed by atoms with Crippen LogP contribution in [-0.4, -0.2) is 25.4 Å². The van der Waals surface area contributed by atoms with Crippen LogP contribution in [0.25, 0.3) is 0 Å². The molecule has 0 radical (unpaired) electrons. The van der Waals surface area contributed by atoms with E-state index in [9.17, 15) is 4.79 Å². The normalized spacial score (nSPS) is 10.4. The van der Waals surface area contributed by atoms with Gasteiger partial charge < -0.3 is 16.0 Å². The summed E-state index contributed by atoms with van der Waals surface area (Å²) < 4.78 is 0. The summed E-state index contributed by atoms with van der Waals surface area (Å²) in [5.41, 5.74) is 1.73. The molecule has 0 spiro atoms. The molecule has 0 heterocycles. The number of unbranched alkanes of at least 4 members (excludes halogenated alkanes) is 1. The van der Waals surface area contributed by atoms with Gasteiger partial charge in [0.05, 0.1) is 10.0 Å². The van der Waals surface area contributed by atoms with E-state index >= 15 is 0 Å². The van der Waals surface area contributed by atoms with Crippen molar-refractivity contribution >= 4 is 52.4 Å². The average Bonchev–Trinajstić information content (AvgIpc) is 2.61. The van der Waals surface area contributed by atoms with Crippen molar-refractivity contribution in [3.8, 4) is 0 Å². The van der Waals surface area contributed by atoms with E-state index in [2.05, 4.69) is 16.0 Å². The highest BCUT2D eigenvalue weighted by molar-refractivity contribution is 7.98. The van der Waals surface area contributed by atoms with Crippen molar-refractivity contribution in [3.63, 3.8) is 0 Å². The van der Waals surface area contributed by atoms with E-state index < -0.39 is 0 Å². The zero-order valence-corrected chi connectivity index (χ0v) is 16.3. The molecule has 2 aromatic rings. The smallest absolute Gasteiger partial charge is 0.319 e. The standard InChI is InChI=1S/C18H21Cl2N3OS/c1-25-15-7-4-13(5-8-15)23-18(24)22-11-3-2-10-21-14-6-9-16(19)17(20)12-14/h4-9,12,21H,2-3,10-11H2,1H3,(H2,22,23,24). The van der Waals surface area contributed by atoms with E-state index in [4.69, 9.17) is 23.2 Å². The first kappa shape index (κ1) is 19.8. The summed E-state index contributed by atoms with van der Waals surface area (Å²) in [6, 6.07) is 13.0. The van der Waals surface area contributed by atoms with E-state index in [0.29, 0.717) is 16.6 Å². The first-order chi connectivity index (χ1) is 12.1. The quantitative estimate of drug-likeness (QED) is 0.393. The predicted molar refractivity (Wildman–Crippen MR) is 109 cm³/mol. The lowest BCUT2D eigenvalue weighted by Gasteiger charge is -2.09. The highest BCUT2D eigenvalue weighted by atomic mass is 35.5. The van der Waals surface area contributed by atoms with Crippen molar-refractivity contribution in [1.82, 2.24) is 5.32 Å². The van der Waals surface area contributed by atoms with Gasteiger partial charge in [0.25, 0.3) is 0 Å². The third kappa shape index (κ3) is 7.06. The van der Waals surface area contributed by atoms with Crippen molar-refractivity contribution in [2.75, 3.05) is 30.0 Å². The number of carbonyl (C=O) groups is 1. The number of hydrogen-bond acceptors (Lipinski definition) is 3. The highest BCUT2D eigenvalue weighted by Gasteiger charge is 2.02. The number of benzene rings is 2. The molecule has 0 unspecified atom stereocenters. The number of thioether (sulfide) groups is 1. The average molecular weight is 398 g/mol. The van der Waals surface area contributed by atoms with Crippen molar-refractivity contribution in [3.05, 3.63) is 52.5 Å². The van der Waals surface area contributed by atoms with Gasteiger partial charge in [-0.3, -0.25) is 0 Å². The Balaban J connectivity index is 1.58. The minimum absolute atomic E-state index is 0.186. The van der Waals surface area contributed by atoms with Crippen LogP contribution in [0.4, 0.5) is 16.2 Å². The Morgan fingerprint density at radius 1 is 0.960 bits per heavy atom. The van der Waals surface area contributed by atoms with Gasteiger partial charge in [-0.1, -0.05) is 23.2 Å². The maximum Gasteiger partial charge on any atom is 0.319 e. The summed E-state index contributed by atoms with van der Waals surface area (Å²) in [4.78, 5) is 13.0. The van der Waals surface area contributed by atoms with E-state index in [1.807, 2.05) is 36.6 Å². The van der Waals surface area contributed by atoms with Crippen LogP contribution in [0.1, 0.15) is 12.8 Å². The second kappa shape index (κ2) is 10.4. The fourth-order valence-electron chi connectivity index (χ4n) is 2.14. The topological polar surface area (TPSA) is 53.2 Å². The van der Waals surface area contributed by atoms with Crippen molar-refractivity contribution in [1.29, 1.82) is 0 Å². The molecule has 0 aliphatic rings. The van der Waals surface area contributed by atoms with Crippen LogP contribution in [0.15, 0.2) is 47.4 Å². The van der Waals surface area contributed by atoms with Gasteiger partial charge in [0.1, 0.15) is 0 Å². The van der Waals surface area contributed by atoms with Crippen LogP contribution in [0.5, 0.6) is 0 Å². The molecule has 0 fully saturated rings. The number of rotatable bonds is 8. The highest BCUT2D eigenvalue weighted by Crippen LogP contribution is 2.24. The van der Waals surface area contributed by atoms with Gasteiger partial charge in [0.15, 0.2) is 0 Å². The number of halogens is 2. The van der Waals surface area contributed by atoms with Crippen molar-refractivity contribution < 1.29 is 4.79 Å². The lowest BCUT2D eigenvalue weighted by molar-refractivity contribution is 0.252. The summed E-state index contributed by atoms with van der Waals surface area (Å²) in [6.07, 6.45) is 3.83. The minimum atomic E-state index is -0.186. The second-order valence-electron chi connectivity index (χ2n) is 5.37. The number of carbonyl (C=O) groups excluding carboxylic acids is 1. The predicted octanol–water partition coefficient (Wildman–Crippen LogP) is 5.73. The van der Waals surface area contributed by atoms with E-state index in [1.54, 1.807) is 23.9 Å². The van der Waals surface area contributed by atoms with Crippen LogP contribution in [-0.2, 0) is 0 Å². The lowest BCUT2D eigenvalue weighted by atomic mass is 10.2. The molecule has 134 valence electrons. The molecule has 0 aliphatic heterocycles. The molecule has 0 aliphatic carbocycles. The summed E-state index contributed by atoms with van der Waals surface area (Å²) in [5.74, 6) is 0. The van der Waals surface area contributed by atoms with Crippen molar-refractivity contribution in [2.45, 2.75) is 17.7 Å². The zero-order chi connectivity index (χ0) is 18.1. The Morgan fingerprint density at radius 2 is 1.64 bits per heavy atom. The lowest BCUT2D eigenvalue weighted by Crippen LogP contribution is -2.29. The van der Waals surface area contributed by atoms with Crippen LogP contribution < -0.4 is 16.0 Å².